The number of hydrogen-bond acceptors (Lipinski definition) is 3. The third kappa shape index (κ3) is 4.42. The Morgan fingerprint density at radius 1 is 1.30 bits per heavy atom. The maximum absolute atomic E-state index is 12.0. The normalized spacial score (nSPS) is 10.5. The van der Waals surface area contributed by atoms with E-state index in [0.29, 0.717) is 12.3 Å². The van der Waals surface area contributed by atoms with Crippen LogP contribution in [0.15, 0.2) is 51.6 Å². The van der Waals surface area contributed by atoms with E-state index in [2.05, 4.69) is 15.9 Å². The van der Waals surface area contributed by atoms with Gasteiger partial charge < -0.3 is 9.32 Å². The van der Waals surface area contributed by atoms with Crippen LogP contribution in [0.4, 0.5) is 0 Å². The number of carbonyl (C=O) groups excluding carboxylic acids is 1. The van der Waals surface area contributed by atoms with E-state index >= 15 is 0 Å². The molecule has 1 heterocycles. The van der Waals surface area contributed by atoms with Gasteiger partial charge in [-0.3, -0.25) is 4.79 Å². The van der Waals surface area contributed by atoms with Crippen LogP contribution < -0.4 is 0 Å². The fourth-order valence-corrected chi connectivity index (χ4v) is 2.99. The number of rotatable bonds is 6. The second-order valence-corrected chi connectivity index (χ2v) is 6.25. The molecule has 0 N–H and O–H groups in total. The highest BCUT2D eigenvalue weighted by Gasteiger charge is 2.11. The number of furan rings is 1. The molecule has 1 amide bonds. The summed E-state index contributed by atoms with van der Waals surface area (Å²) in [4.78, 5) is 13.8. The van der Waals surface area contributed by atoms with Gasteiger partial charge >= 0.3 is 0 Å². The van der Waals surface area contributed by atoms with Crippen molar-refractivity contribution in [3.63, 3.8) is 0 Å². The third-order valence-corrected chi connectivity index (χ3v) is 4.55. The molecule has 2 rings (SSSR count). The van der Waals surface area contributed by atoms with Crippen molar-refractivity contribution in [2.45, 2.75) is 12.3 Å². The first-order chi connectivity index (χ1) is 9.66. The summed E-state index contributed by atoms with van der Waals surface area (Å²) in [6, 6.07) is 11.7. The fraction of sp³-hybridized carbons (Fsp3) is 0.267. The second kappa shape index (κ2) is 7.55. The topological polar surface area (TPSA) is 33.5 Å². The molecule has 0 aliphatic rings. The van der Waals surface area contributed by atoms with Gasteiger partial charge in [-0.25, -0.2) is 0 Å². The minimum absolute atomic E-state index is 0.123. The molecule has 0 aliphatic heterocycles. The zero-order valence-corrected chi connectivity index (χ0v) is 13.6. The molecular formula is C15H16BrNO2S. The summed E-state index contributed by atoms with van der Waals surface area (Å²) in [6.45, 7) is 0.613. The van der Waals surface area contributed by atoms with Crippen molar-refractivity contribution in [1.82, 2.24) is 4.90 Å². The van der Waals surface area contributed by atoms with Crippen molar-refractivity contribution >= 4 is 33.6 Å². The zero-order valence-electron chi connectivity index (χ0n) is 11.2. The molecular weight excluding hydrogens is 338 g/mol. The summed E-state index contributed by atoms with van der Waals surface area (Å²) in [6.07, 6.45) is 1.65. The molecule has 0 fully saturated rings. The Kier molecular flexibility index (Phi) is 5.73. The lowest BCUT2D eigenvalue weighted by Gasteiger charge is -2.17. The van der Waals surface area contributed by atoms with E-state index in [0.717, 1.165) is 21.5 Å². The number of benzene rings is 1. The van der Waals surface area contributed by atoms with Crippen LogP contribution in [0.25, 0.3) is 0 Å². The molecule has 106 valence electrons. The molecule has 2 aromatic rings. The number of hydrogen-bond donors (Lipinski definition) is 0. The largest absolute Gasteiger partial charge is 0.468 e. The van der Waals surface area contributed by atoms with Crippen molar-refractivity contribution in [1.29, 1.82) is 0 Å². The predicted molar refractivity (Wildman–Crippen MR) is 85.5 cm³/mol. The molecule has 1 aromatic carbocycles. The average Bonchev–Trinajstić information content (AvgIpc) is 2.94. The summed E-state index contributed by atoms with van der Waals surface area (Å²) in [5, 5.41) is 0. The molecule has 0 radical (unpaired) electrons. The van der Waals surface area contributed by atoms with E-state index in [-0.39, 0.29) is 5.91 Å². The third-order valence-electron chi connectivity index (χ3n) is 2.84. The van der Waals surface area contributed by atoms with Crippen LogP contribution in [-0.2, 0) is 17.1 Å². The Morgan fingerprint density at radius 2 is 2.10 bits per heavy atom. The van der Waals surface area contributed by atoms with Crippen LogP contribution in [0.3, 0.4) is 0 Å². The number of thioether (sulfide) groups is 1. The zero-order chi connectivity index (χ0) is 14.4. The molecule has 0 aliphatic carbocycles. The first kappa shape index (κ1) is 15.2. The van der Waals surface area contributed by atoms with Gasteiger partial charge in [-0.2, -0.15) is 0 Å². The molecule has 0 atom stereocenters. The van der Waals surface area contributed by atoms with Gasteiger partial charge in [0.2, 0.25) is 5.91 Å². The first-order valence-electron chi connectivity index (χ1n) is 6.24. The fourth-order valence-electron chi connectivity index (χ4n) is 1.71. The maximum Gasteiger partial charge on any atom is 0.232 e. The van der Waals surface area contributed by atoms with Crippen molar-refractivity contribution in [2.24, 2.45) is 0 Å². The Balaban J connectivity index is 1.79. The van der Waals surface area contributed by atoms with Crippen molar-refractivity contribution < 1.29 is 9.21 Å². The summed E-state index contributed by atoms with van der Waals surface area (Å²) >= 11 is 5.06. The monoisotopic (exact) mass is 353 g/mol. The summed E-state index contributed by atoms with van der Waals surface area (Å²) in [5.74, 6) is 2.21. The SMILES string of the molecule is CN(Cc1ccccc1Br)C(=O)CSCc1ccco1. The van der Waals surface area contributed by atoms with Crippen LogP contribution in [0.1, 0.15) is 11.3 Å². The molecule has 0 spiro atoms. The molecule has 0 saturated carbocycles. The van der Waals surface area contributed by atoms with Crippen LogP contribution >= 0.6 is 27.7 Å². The minimum Gasteiger partial charge on any atom is -0.468 e. The summed E-state index contributed by atoms with van der Waals surface area (Å²) in [7, 11) is 1.83. The smallest absolute Gasteiger partial charge is 0.232 e. The van der Waals surface area contributed by atoms with Gasteiger partial charge in [0.25, 0.3) is 0 Å². The summed E-state index contributed by atoms with van der Waals surface area (Å²) in [5.41, 5.74) is 1.11. The van der Waals surface area contributed by atoms with Gasteiger partial charge in [-0.05, 0) is 23.8 Å². The number of amides is 1. The Morgan fingerprint density at radius 3 is 2.80 bits per heavy atom. The second-order valence-electron chi connectivity index (χ2n) is 4.41. The molecule has 5 heteroatoms. The van der Waals surface area contributed by atoms with Gasteiger partial charge in [0.15, 0.2) is 0 Å². The lowest BCUT2D eigenvalue weighted by Crippen LogP contribution is -2.28. The predicted octanol–water partition coefficient (Wildman–Crippen LogP) is 3.93. The molecule has 1 aromatic heterocycles. The Bertz CT molecular complexity index is 557. The molecule has 0 unspecified atom stereocenters. The van der Waals surface area contributed by atoms with E-state index in [4.69, 9.17) is 4.42 Å². The van der Waals surface area contributed by atoms with Crippen molar-refractivity contribution in [3.05, 3.63) is 58.5 Å². The van der Waals surface area contributed by atoms with E-state index in [1.807, 2.05) is 43.4 Å². The van der Waals surface area contributed by atoms with Crippen LogP contribution in [0.5, 0.6) is 0 Å². The number of nitrogens with zero attached hydrogens (tertiary/aromatic N) is 1. The molecule has 0 saturated heterocycles. The van der Waals surface area contributed by atoms with Crippen molar-refractivity contribution in [2.75, 3.05) is 12.8 Å². The van der Waals surface area contributed by atoms with Gasteiger partial charge in [0.05, 0.1) is 17.8 Å². The lowest BCUT2D eigenvalue weighted by atomic mass is 10.2. The molecule has 20 heavy (non-hydrogen) atoms. The highest BCUT2D eigenvalue weighted by Crippen LogP contribution is 2.18. The van der Waals surface area contributed by atoms with Gasteiger partial charge in [-0.1, -0.05) is 34.1 Å². The molecule has 0 bridgehead atoms. The van der Waals surface area contributed by atoms with Crippen LogP contribution in [0.2, 0.25) is 0 Å². The standard InChI is InChI=1S/C15H16BrNO2S/c1-17(9-12-5-2-3-7-14(12)16)15(18)11-20-10-13-6-4-8-19-13/h2-8H,9-11H2,1H3. The number of halogens is 1. The van der Waals surface area contributed by atoms with Crippen molar-refractivity contribution in [3.8, 4) is 0 Å². The first-order valence-corrected chi connectivity index (χ1v) is 8.19. The average molecular weight is 354 g/mol. The summed E-state index contributed by atoms with van der Waals surface area (Å²) < 4.78 is 6.27. The van der Waals surface area contributed by atoms with E-state index < -0.39 is 0 Å². The van der Waals surface area contributed by atoms with Gasteiger partial charge in [0.1, 0.15) is 5.76 Å². The minimum atomic E-state index is 0.123. The number of carbonyl (C=O) groups is 1. The van der Waals surface area contributed by atoms with E-state index in [9.17, 15) is 4.79 Å². The Hall–Kier alpha value is -1.20. The van der Waals surface area contributed by atoms with Crippen LogP contribution in [0, 0.1) is 0 Å². The Labute approximate surface area is 131 Å². The van der Waals surface area contributed by atoms with E-state index in [1.54, 1.807) is 22.9 Å². The van der Waals surface area contributed by atoms with E-state index in [1.165, 1.54) is 0 Å². The maximum atomic E-state index is 12.0. The van der Waals surface area contributed by atoms with Crippen LogP contribution in [-0.4, -0.2) is 23.6 Å². The molecule has 3 nitrogen and oxygen atoms in total. The van der Waals surface area contributed by atoms with Gasteiger partial charge in [0, 0.05) is 18.1 Å². The highest BCUT2D eigenvalue weighted by atomic mass is 79.9. The lowest BCUT2D eigenvalue weighted by molar-refractivity contribution is -0.127. The highest BCUT2D eigenvalue weighted by molar-refractivity contribution is 9.10. The quantitative estimate of drug-likeness (QED) is 0.788. The van der Waals surface area contributed by atoms with Gasteiger partial charge in [-0.15, -0.1) is 11.8 Å².